The highest BCUT2D eigenvalue weighted by Gasteiger charge is 2.09. The van der Waals surface area contributed by atoms with Gasteiger partial charge in [0.15, 0.2) is 0 Å². The van der Waals surface area contributed by atoms with Gasteiger partial charge in [0.2, 0.25) is 0 Å². The van der Waals surface area contributed by atoms with E-state index in [1.807, 2.05) is 17.8 Å². The van der Waals surface area contributed by atoms with Gasteiger partial charge in [-0.1, -0.05) is 19.1 Å². The smallest absolute Gasteiger partial charge is 0.0796 e. The SMILES string of the molecule is Cc1cn(C(C)C(C)C)nn1. The van der Waals surface area contributed by atoms with Crippen LogP contribution in [0.5, 0.6) is 0 Å². The van der Waals surface area contributed by atoms with Gasteiger partial charge >= 0.3 is 0 Å². The number of hydrogen-bond acceptors (Lipinski definition) is 2. The lowest BCUT2D eigenvalue weighted by molar-refractivity contribution is 0.368. The summed E-state index contributed by atoms with van der Waals surface area (Å²) in [6.45, 7) is 8.47. The van der Waals surface area contributed by atoms with Crippen molar-refractivity contribution in [3.63, 3.8) is 0 Å². The van der Waals surface area contributed by atoms with E-state index >= 15 is 0 Å². The molecular formula is C8H15N3. The molecule has 0 fully saturated rings. The van der Waals surface area contributed by atoms with Crippen LogP contribution in [-0.2, 0) is 0 Å². The van der Waals surface area contributed by atoms with Crippen LogP contribution in [-0.4, -0.2) is 15.0 Å². The van der Waals surface area contributed by atoms with Crippen LogP contribution in [0.3, 0.4) is 0 Å². The Morgan fingerprint density at radius 3 is 2.36 bits per heavy atom. The molecule has 0 spiro atoms. The standard InChI is InChI=1S/C8H15N3/c1-6(2)8(4)11-5-7(3)9-10-11/h5-6,8H,1-4H3. The molecule has 62 valence electrons. The van der Waals surface area contributed by atoms with Crippen LogP contribution >= 0.6 is 0 Å². The van der Waals surface area contributed by atoms with Gasteiger partial charge in [0.1, 0.15) is 0 Å². The van der Waals surface area contributed by atoms with Gasteiger partial charge in [-0.25, -0.2) is 4.68 Å². The van der Waals surface area contributed by atoms with Gasteiger partial charge in [0.05, 0.1) is 11.7 Å². The first kappa shape index (κ1) is 8.24. The van der Waals surface area contributed by atoms with Gasteiger partial charge < -0.3 is 0 Å². The van der Waals surface area contributed by atoms with Gasteiger partial charge in [0.25, 0.3) is 0 Å². The van der Waals surface area contributed by atoms with Gasteiger partial charge in [-0.3, -0.25) is 0 Å². The molecule has 1 unspecified atom stereocenters. The Hall–Kier alpha value is -0.860. The number of hydrogen-bond donors (Lipinski definition) is 0. The summed E-state index contributed by atoms with van der Waals surface area (Å²) in [4.78, 5) is 0. The molecule has 3 nitrogen and oxygen atoms in total. The fraction of sp³-hybridized carbons (Fsp3) is 0.750. The zero-order valence-corrected chi connectivity index (χ0v) is 7.57. The molecule has 11 heavy (non-hydrogen) atoms. The molecule has 0 radical (unpaired) electrons. The third-order valence-electron chi connectivity index (χ3n) is 2.01. The van der Waals surface area contributed by atoms with E-state index < -0.39 is 0 Å². The molecule has 0 aliphatic heterocycles. The van der Waals surface area contributed by atoms with E-state index in [4.69, 9.17) is 0 Å². The lowest BCUT2D eigenvalue weighted by Crippen LogP contribution is -2.11. The molecule has 0 aliphatic carbocycles. The summed E-state index contributed by atoms with van der Waals surface area (Å²) in [5.74, 6) is 0.607. The van der Waals surface area contributed by atoms with Crippen LogP contribution in [0.15, 0.2) is 6.20 Å². The Morgan fingerprint density at radius 1 is 1.36 bits per heavy atom. The molecule has 0 aromatic carbocycles. The van der Waals surface area contributed by atoms with Crippen molar-refractivity contribution in [1.29, 1.82) is 0 Å². The highest BCUT2D eigenvalue weighted by Crippen LogP contribution is 2.14. The summed E-state index contributed by atoms with van der Waals surface area (Å²) in [6.07, 6.45) is 1.98. The molecule has 0 aliphatic rings. The van der Waals surface area contributed by atoms with E-state index in [0.717, 1.165) is 5.69 Å². The Bertz CT molecular complexity index is 227. The van der Waals surface area contributed by atoms with Crippen molar-refractivity contribution in [3.8, 4) is 0 Å². The molecule has 1 aromatic rings. The van der Waals surface area contributed by atoms with Crippen LogP contribution < -0.4 is 0 Å². The van der Waals surface area contributed by atoms with Crippen molar-refractivity contribution in [2.24, 2.45) is 5.92 Å². The van der Waals surface area contributed by atoms with Crippen LogP contribution in [0, 0.1) is 12.8 Å². The monoisotopic (exact) mass is 153 g/mol. The molecule has 0 bridgehead atoms. The highest BCUT2D eigenvalue weighted by atomic mass is 15.4. The molecule has 1 rings (SSSR count). The number of rotatable bonds is 2. The van der Waals surface area contributed by atoms with Crippen LogP contribution in [0.1, 0.15) is 32.5 Å². The van der Waals surface area contributed by atoms with E-state index in [-0.39, 0.29) is 0 Å². The van der Waals surface area contributed by atoms with Crippen LogP contribution in [0.4, 0.5) is 0 Å². The molecule has 3 heteroatoms. The van der Waals surface area contributed by atoms with E-state index in [0.29, 0.717) is 12.0 Å². The van der Waals surface area contributed by atoms with Gasteiger partial charge in [0, 0.05) is 6.20 Å². The first-order valence-corrected chi connectivity index (χ1v) is 3.99. The predicted molar refractivity (Wildman–Crippen MR) is 44.3 cm³/mol. The minimum Gasteiger partial charge on any atom is -0.249 e. The molecule has 1 atom stereocenters. The van der Waals surface area contributed by atoms with E-state index in [9.17, 15) is 0 Å². The van der Waals surface area contributed by atoms with E-state index in [1.54, 1.807) is 0 Å². The summed E-state index contributed by atoms with van der Waals surface area (Å²) >= 11 is 0. The third-order valence-corrected chi connectivity index (χ3v) is 2.01. The summed E-state index contributed by atoms with van der Waals surface area (Å²) in [6, 6.07) is 0.441. The predicted octanol–water partition coefficient (Wildman–Crippen LogP) is 1.80. The molecular weight excluding hydrogens is 138 g/mol. The second-order valence-corrected chi connectivity index (χ2v) is 3.32. The Balaban J connectivity index is 2.76. The molecule has 0 saturated heterocycles. The fourth-order valence-electron chi connectivity index (χ4n) is 0.870. The first-order chi connectivity index (χ1) is 5.11. The lowest BCUT2D eigenvalue weighted by atomic mass is 10.1. The fourth-order valence-corrected chi connectivity index (χ4v) is 0.870. The van der Waals surface area contributed by atoms with Crippen molar-refractivity contribution in [2.75, 3.05) is 0 Å². The van der Waals surface area contributed by atoms with Crippen molar-refractivity contribution in [2.45, 2.75) is 33.7 Å². The zero-order valence-electron chi connectivity index (χ0n) is 7.57. The van der Waals surface area contributed by atoms with Gasteiger partial charge in [-0.2, -0.15) is 0 Å². The topological polar surface area (TPSA) is 30.7 Å². The van der Waals surface area contributed by atoms with Crippen LogP contribution in [0.25, 0.3) is 0 Å². The Kier molecular flexibility index (Phi) is 2.27. The second-order valence-electron chi connectivity index (χ2n) is 3.32. The minimum atomic E-state index is 0.441. The average Bonchev–Trinajstić information content (AvgIpc) is 2.34. The number of nitrogens with zero attached hydrogens (tertiary/aromatic N) is 3. The zero-order chi connectivity index (χ0) is 8.43. The molecule has 1 aromatic heterocycles. The number of aryl methyl sites for hydroxylation is 1. The quantitative estimate of drug-likeness (QED) is 0.648. The summed E-state index contributed by atoms with van der Waals surface area (Å²) in [7, 11) is 0. The van der Waals surface area contributed by atoms with E-state index in [1.165, 1.54) is 0 Å². The summed E-state index contributed by atoms with van der Waals surface area (Å²) < 4.78 is 1.92. The maximum Gasteiger partial charge on any atom is 0.0796 e. The Labute approximate surface area is 67.4 Å². The molecule has 0 saturated carbocycles. The average molecular weight is 153 g/mol. The third kappa shape index (κ3) is 1.79. The highest BCUT2D eigenvalue weighted by molar-refractivity contribution is 4.88. The maximum absolute atomic E-state index is 4.00. The van der Waals surface area contributed by atoms with Crippen molar-refractivity contribution in [1.82, 2.24) is 15.0 Å². The molecule has 1 heterocycles. The van der Waals surface area contributed by atoms with Crippen molar-refractivity contribution in [3.05, 3.63) is 11.9 Å². The largest absolute Gasteiger partial charge is 0.249 e. The van der Waals surface area contributed by atoms with Crippen molar-refractivity contribution < 1.29 is 0 Å². The molecule has 0 amide bonds. The minimum absolute atomic E-state index is 0.441. The molecule has 0 N–H and O–H groups in total. The number of aromatic nitrogens is 3. The Morgan fingerprint density at radius 2 is 2.00 bits per heavy atom. The van der Waals surface area contributed by atoms with Gasteiger partial charge in [-0.05, 0) is 19.8 Å². The van der Waals surface area contributed by atoms with Gasteiger partial charge in [-0.15, -0.1) is 5.10 Å². The second kappa shape index (κ2) is 3.03. The van der Waals surface area contributed by atoms with Crippen LogP contribution in [0.2, 0.25) is 0 Å². The lowest BCUT2D eigenvalue weighted by Gasteiger charge is -2.14. The maximum atomic E-state index is 4.00. The summed E-state index contributed by atoms with van der Waals surface area (Å²) in [5.41, 5.74) is 0.984. The summed E-state index contributed by atoms with van der Waals surface area (Å²) in [5, 5.41) is 7.94. The first-order valence-electron chi connectivity index (χ1n) is 3.99. The van der Waals surface area contributed by atoms with E-state index in [2.05, 4.69) is 31.1 Å². The van der Waals surface area contributed by atoms with Crippen molar-refractivity contribution >= 4 is 0 Å². The normalized spacial score (nSPS) is 13.9.